The lowest BCUT2D eigenvalue weighted by molar-refractivity contribution is -0.384. The van der Waals surface area contributed by atoms with Crippen LogP contribution in [0.3, 0.4) is 0 Å². The van der Waals surface area contributed by atoms with E-state index < -0.39 is 16.9 Å². The number of anilines is 1. The van der Waals surface area contributed by atoms with Crippen molar-refractivity contribution in [2.45, 2.75) is 0 Å². The predicted molar refractivity (Wildman–Crippen MR) is 111 cm³/mol. The third-order valence-corrected chi connectivity index (χ3v) is 3.96. The van der Waals surface area contributed by atoms with Crippen molar-refractivity contribution in [2.24, 2.45) is 0 Å². The van der Waals surface area contributed by atoms with E-state index in [0.29, 0.717) is 5.75 Å². The summed E-state index contributed by atoms with van der Waals surface area (Å²) in [6, 6.07) is 21.8. The summed E-state index contributed by atoms with van der Waals surface area (Å²) in [6.45, 7) is -0.304. The highest BCUT2D eigenvalue weighted by Crippen LogP contribution is 2.22. The maximum absolute atomic E-state index is 11.8. The predicted octanol–water partition coefficient (Wildman–Crippen LogP) is 3.49. The highest BCUT2D eigenvalue weighted by atomic mass is 16.6. The molecule has 3 amide bonds. The van der Waals surface area contributed by atoms with Gasteiger partial charge >= 0.3 is 6.03 Å². The number of carbonyl (C=O) groups excluding carboxylic acids is 2. The average molecular weight is 406 g/mol. The van der Waals surface area contributed by atoms with E-state index in [1.165, 1.54) is 24.3 Å². The lowest BCUT2D eigenvalue weighted by atomic mass is 10.1. The van der Waals surface area contributed by atoms with Gasteiger partial charge in [0.2, 0.25) is 0 Å². The second kappa shape index (κ2) is 9.69. The number of nitrogens with zero attached hydrogens (tertiary/aromatic N) is 1. The fourth-order valence-corrected chi connectivity index (χ4v) is 2.55. The van der Waals surface area contributed by atoms with E-state index >= 15 is 0 Å². The van der Waals surface area contributed by atoms with E-state index in [1.54, 1.807) is 12.1 Å². The van der Waals surface area contributed by atoms with Gasteiger partial charge in [-0.05, 0) is 29.3 Å². The highest BCUT2D eigenvalue weighted by molar-refractivity contribution is 5.91. The molecule has 0 aliphatic rings. The molecule has 0 fully saturated rings. The molecular weight excluding hydrogens is 388 g/mol. The molecule has 0 radical (unpaired) electrons. The number of rotatable bonds is 6. The fourth-order valence-electron chi connectivity index (χ4n) is 2.55. The molecule has 0 saturated carbocycles. The number of urea groups is 1. The molecule has 9 heteroatoms. The van der Waals surface area contributed by atoms with Gasteiger partial charge in [0.25, 0.3) is 11.6 Å². The van der Waals surface area contributed by atoms with Crippen LogP contribution in [-0.2, 0) is 4.79 Å². The summed E-state index contributed by atoms with van der Waals surface area (Å²) in [7, 11) is 0. The Balaban J connectivity index is 1.43. The van der Waals surface area contributed by atoms with E-state index in [1.807, 2.05) is 42.5 Å². The van der Waals surface area contributed by atoms with Crippen molar-refractivity contribution in [1.82, 2.24) is 10.9 Å². The van der Waals surface area contributed by atoms with Crippen LogP contribution >= 0.6 is 0 Å². The number of benzene rings is 3. The minimum atomic E-state index is -0.754. The molecule has 9 nitrogen and oxygen atoms in total. The number of hydrazine groups is 1. The minimum absolute atomic E-state index is 0.163. The van der Waals surface area contributed by atoms with Crippen LogP contribution in [0.25, 0.3) is 11.1 Å². The molecule has 0 atom stereocenters. The van der Waals surface area contributed by atoms with Crippen molar-refractivity contribution < 1.29 is 19.2 Å². The van der Waals surface area contributed by atoms with Gasteiger partial charge < -0.3 is 10.1 Å². The SMILES string of the molecule is O=C(COc1ccc(-c2ccccc2)cc1)NNC(=O)Nc1cccc([N+](=O)[O-])c1. The zero-order valence-electron chi connectivity index (χ0n) is 15.7. The molecule has 0 spiro atoms. The maximum atomic E-state index is 11.8. The van der Waals surface area contributed by atoms with Gasteiger partial charge in [0.05, 0.1) is 4.92 Å². The van der Waals surface area contributed by atoms with Crippen LogP contribution in [0, 0.1) is 10.1 Å². The fraction of sp³-hybridized carbons (Fsp3) is 0.0476. The largest absolute Gasteiger partial charge is 0.484 e. The molecule has 0 aliphatic heterocycles. The second-order valence-electron chi connectivity index (χ2n) is 6.11. The summed E-state index contributed by atoms with van der Waals surface area (Å²) in [6.07, 6.45) is 0. The molecule has 3 aromatic carbocycles. The van der Waals surface area contributed by atoms with Gasteiger partial charge in [0.1, 0.15) is 5.75 Å². The lowest BCUT2D eigenvalue weighted by Gasteiger charge is -2.10. The molecular formula is C21H18N4O5. The summed E-state index contributed by atoms with van der Waals surface area (Å²) in [4.78, 5) is 33.8. The van der Waals surface area contributed by atoms with Gasteiger partial charge in [-0.25, -0.2) is 10.2 Å². The third-order valence-electron chi connectivity index (χ3n) is 3.96. The molecule has 0 aliphatic carbocycles. The monoisotopic (exact) mass is 406 g/mol. The van der Waals surface area contributed by atoms with Crippen molar-refractivity contribution >= 4 is 23.3 Å². The Bertz CT molecular complexity index is 1040. The Morgan fingerprint density at radius 1 is 0.867 bits per heavy atom. The van der Waals surface area contributed by atoms with E-state index in [-0.39, 0.29) is 18.0 Å². The smallest absolute Gasteiger partial charge is 0.337 e. The quantitative estimate of drug-likeness (QED) is 0.427. The zero-order chi connectivity index (χ0) is 21.3. The van der Waals surface area contributed by atoms with Crippen molar-refractivity contribution in [2.75, 3.05) is 11.9 Å². The number of carbonyl (C=O) groups is 2. The summed E-state index contributed by atoms with van der Waals surface area (Å²) in [5, 5.41) is 13.1. The molecule has 3 rings (SSSR count). The first-order chi connectivity index (χ1) is 14.5. The van der Waals surface area contributed by atoms with Gasteiger partial charge in [0.15, 0.2) is 6.61 Å². The van der Waals surface area contributed by atoms with Crippen LogP contribution in [0.4, 0.5) is 16.2 Å². The van der Waals surface area contributed by atoms with E-state index in [9.17, 15) is 19.7 Å². The van der Waals surface area contributed by atoms with Gasteiger partial charge in [0, 0.05) is 17.8 Å². The Labute approximate surface area is 171 Å². The normalized spacial score (nSPS) is 10.0. The Morgan fingerprint density at radius 3 is 2.27 bits per heavy atom. The number of nitro benzene ring substituents is 1. The highest BCUT2D eigenvalue weighted by Gasteiger charge is 2.09. The summed E-state index contributed by atoms with van der Waals surface area (Å²) < 4.78 is 5.39. The van der Waals surface area contributed by atoms with E-state index in [4.69, 9.17) is 4.74 Å². The standard InChI is InChI=1S/C21H18N4O5/c26-20(23-24-21(27)22-17-7-4-8-18(13-17)25(28)29)14-30-19-11-9-16(10-12-19)15-5-2-1-3-6-15/h1-13H,14H2,(H,23,26)(H2,22,24,27). The zero-order valence-corrected chi connectivity index (χ0v) is 15.7. The number of amides is 3. The average Bonchev–Trinajstić information content (AvgIpc) is 2.77. The molecule has 0 aromatic heterocycles. The molecule has 30 heavy (non-hydrogen) atoms. The molecule has 0 heterocycles. The summed E-state index contributed by atoms with van der Waals surface area (Å²) >= 11 is 0. The third kappa shape index (κ3) is 5.80. The summed E-state index contributed by atoms with van der Waals surface area (Å²) in [5.74, 6) is -0.0674. The number of hydrogen-bond acceptors (Lipinski definition) is 5. The first-order valence-electron chi connectivity index (χ1n) is 8.90. The van der Waals surface area contributed by atoms with E-state index in [0.717, 1.165) is 11.1 Å². The van der Waals surface area contributed by atoms with Crippen molar-refractivity contribution in [3.05, 3.63) is 89.0 Å². The Hall–Kier alpha value is -4.40. The van der Waals surface area contributed by atoms with Gasteiger partial charge in [-0.1, -0.05) is 48.5 Å². The van der Waals surface area contributed by atoms with Crippen LogP contribution in [-0.4, -0.2) is 23.5 Å². The lowest BCUT2D eigenvalue weighted by Crippen LogP contribution is -2.45. The number of non-ortho nitro benzene ring substituents is 1. The van der Waals surface area contributed by atoms with E-state index in [2.05, 4.69) is 16.2 Å². The molecule has 0 saturated heterocycles. The topological polar surface area (TPSA) is 123 Å². The molecule has 152 valence electrons. The summed E-state index contributed by atoms with van der Waals surface area (Å²) in [5.41, 5.74) is 6.48. The van der Waals surface area contributed by atoms with Crippen LogP contribution in [0.1, 0.15) is 0 Å². The number of hydrogen-bond donors (Lipinski definition) is 3. The molecule has 0 bridgehead atoms. The molecule has 3 N–H and O–H groups in total. The minimum Gasteiger partial charge on any atom is -0.484 e. The van der Waals surface area contributed by atoms with Crippen LogP contribution in [0.2, 0.25) is 0 Å². The second-order valence-corrected chi connectivity index (χ2v) is 6.11. The van der Waals surface area contributed by atoms with Gasteiger partial charge in [-0.2, -0.15) is 0 Å². The van der Waals surface area contributed by atoms with Crippen molar-refractivity contribution in [3.8, 4) is 16.9 Å². The van der Waals surface area contributed by atoms with Gasteiger partial charge in [-0.15, -0.1) is 0 Å². The maximum Gasteiger partial charge on any atom is 0.337 e. The van der Waals surface area contributed by atoms with Crippen LogP contribution < -0.4 is 20.9 Å². The van der Waals surface area contributed by atoms with Crippen molar-refractivity contribution in [3.63, 3.8) is 0 Å². The molecule has 3 aromatic rings. The van der Waals surface area contributed by atoms with Crippen LogP contribution in [0.5, 0.6) is 5.75 Å². The van der Waals surface area contributed by atoms with Crippen molar-refractivity contribution in [1.29, 1.82) is 0 Å². The first kappa shape index (κ1) is 20.3. The Kier molecular flexibility index (Phi) is 6.57. The Morgan fingerprint density at radius 2 is 1.57 bits per heavy atom. The van der Waals surface area contributed by atoms with Crippen LogP contribution in [0.15, 0.2) is 78.9 Å². The number of nitro groups is 1. The first-order valence-corrected chi connectivity index (χ1v) is 8.90. The molecule has 0 unspecified atom stereocenters. The van der Waals surface area contributed by atoms with Gasteiger partial charge in [-0.3, -0.25) is 20.3 Å². The number of nitrogens with one attached hydrogen (secondary N) is 3. The number of ether oxygens (including phenoxy) is 1.